The molecular weight excluding hydrogens is 272 g/mol. The van der Waals surface area contributed by atoms with Crippen LogP contribution in [-0.4, -0.2) is 30.9 Å². The number of rotatable bonds is 4. The van der Waals surface area contributed by atoms with Gasteiger partial charge in [-0.3, -0.25) is 4.79 Å². The number of nitrogens with zero attached hydrogens (tertiary/aromatic N) is 1. The molecule has 1 fully saturated rings. The van der Waals surface area contributed by atoms with Crippen molar-refractivity contribution in [1.29, 1.82) is 0 Å². The topological polar surface area (TPSA) is 32.3 Å². The van der Waals surface area contributed by atoms with Crippen LogP contribution in [0.1, 0.15) is 43.0 Å². The van der Waals surface area contributed by atoms with E-state index in [0.29, 0.717) is 16.6 Å². The Balaban J connectivity index is 2.17. The van der Waals surface area contributed by atoms with Crippen LogP contribution in [0.2, 0.25) is 5.02 Å². The Morgan fingerprint density at radius 3 is 2.80 bits per heavy atom. The first-order valence-corrected chi connectivity index (χ1v) is 7.68. The standard InChI is InChI=1S/C16H23ClN2O/c1-4-11-6-5-7-15(11)18-12-8-9-14(17)13(10-12)16(20)19(2)3/h8-11,15,18H,4-7H2,1-3H3. The lowest BCUT2D eigenvalue weighted by Crippen LogP contribution is -2.24. The fourth-order valence-electron chi connectivity index (χ4n) is 2.95. The third-order valence-electron chi connectivity index (χ3n) is 4.14. The van der Waals surface area contributed by atoms with Gasteiger partial charge in [-0.1, -0.05) is 31.4 Å². The molecule has 0 spiro atoms. The minimum atomic E-state index is -0.0582. The predicted octanol–water partition coefficient (Wildman–Crippen LogP) is 4.03. The summed E-state index contributed by atoms with van der Waals surface area (Å²) in [6, 6.07) is 6.15. The second-order valence-corrected chi connectivity index (χ2v) is 6.15. The van der Waals surface area contributed by atoms with Gasteiger partial charge in [-0.2, -0.15) is 0 Å². The van der Waals surface area contributed by atoms with Crippen molar-refractivity contribution in [3.63, 3.8) is 0 Å². The second-order valence-electron chi connectivity index (χ2n) is 5.74. The number of carbonyl (C=O) groups excluding carboxylic acids is 1. The Morgan fingerprint density at radius 1 is 1.40 bits per heavy atom. The van der Waals surface area contributed by atoms with Gasteiger partial charge in [0.1, 0.15) is 0 Å². The zero-order valence-corrected chi connectivity index (χ0v) is 13.2. The van der Waals surface area contributed by atoms with E-state index in [1.54, 1.807) is 25.1 Å². The van der Waals surface area contributed by atoms with Crippen LogP contribution in [0, 0.1) is 5.92 Å². The number of halogens is 1. The van der Waals surface area contributed by atoms with Crippen LogP contribution in [0.25, 0.3) is 0 Å². The molecule has 1 amide bonds. The molecule has 0 radical (unpaired) electrons. The second kappa shape index (κ2) is 6.49. The van der Waals surface area contributed by atoms with Crippen LogP contribution in [0.5, 0.6) is 0 Å². The number of amides is 1. The summed E-state index contributed by atoms with van der Waals surface area (Å²) >= 11 is 6.13. The summed E-state index contributed by atoms with van der Waals surface area (Å²) in [6.45, 7) is 2.24. The maximum Gasteiger partial charge on any atom is 0.254 e. The first-order chi connectivity index (χ1) is 9.52. The van der Waals surface area contributed by atoms with Crippen LogP contribution < -0.4 is 5.32 Å². The van der Waals surface area contributed by atoms with Crippen molar-refractivity contribution in [3.05, 3.63) is 28.8 Å². The zero-order valence-electron chi connectivity index (χ0n) is 12.4. The molecule has 0 saturated heterocycles. The summed E-state index contributed by atoms with van der Waals surface area (Å²) in [5.74, 6) is 0.677. The van der Waals surface area contributed by atoms with Gasteiger partial charge in [0.25, 0.3) is 5.91 Å². The van der Waals surface area contributed by atoms with Crippen molar-refractivity contribution in [2.75, 3.05) is 19.4 Å². The van der Waals surface area contributed by atoms with Crippen LogP contribution >= 0.6 is 11.6 Å². The fraction of sp³-hybridized carbons (Fsp3) is 0.562. The number of anilines is 1. The zero-order chi connectivity index (χ0) is 14.7. The van der Waals surface area contributed by atoms with E-state index in [4.69, 9.17) is 11.6 Å². The van der Waals surface area contributed by atoms with Crippen LogP contribution in [0.4, 0.5) is 5.69 Å². The summed E-state index contributed by atoms with van der Waals surface area (Å²) in [7, 11) is 3.48. The van der Waals surface area contributed by atoms with Gasteiger partial charge in [0.05, 0.1) is 10.6 Å². The number of nitrogens with one attached hydrogen (secondary N) is 1. The van der Waals surface area contributed by atoms with E-state index >= 15 is 0 Å². The van der Waals surface area contributed by atoms with E-state index < -0.39 is 0 Å². The number of hydrogen-bond acceptors (Lipinski definition) is 2. The van der Waals surface area contributed by atoms with Crippen molar-refractivity contribution in [3.8, 4) is 0 Å². The molecule has 1 aromatic carbocycles. The smallest absolute Gasteiger partial charge is 0.254 e. The maximum absolute atomic E-state index is 12.1. The molecule has 2 atom stereocenters. The Bertz CT molecular complexity index is 487. The Hall–Kier alpha value is -1.22. The van der Waals surface area contributed by atoms with E-state index in [0.717, 1.165) is 11.6 Å². The first kappa shape index (κ1) is 15.2. The SMILES string of the molecule is CCC1CCCC1Nc1ccc(Cl)c(C(=O)N(C)C)c1. The minimum absolute atomic E-state index is 0.0582. The maximum atomic E-state index is 12.1. The summed E-state index contributed by atoms with van der Waals surface area (Å²) in [5, 5.41) is 4.08. The van der Waals surface area contributed by atoms with Gasteiger partial charge in [0.2, 0.25) is 0 Å². The van der Waals surface area contributed by atoms with Crippen molar-refractivity contribution in [2.45, 2.75) is 38.6 Å². The number of benzene rings is 1. The van der Waals surface area contributed by atoms with E-state index in [-0.39, 0.29) is 5.91 Å². The quantitative estimate of drug-likeness (QED) is 0.909. The Kier molecular flexibility index (Phi) is 4.92. The summed E-state index contributed by atoms with van der Waals surface area (Å²) in [6.07, 6.45) is 4.99. The van der Waals surface area contributed by atoms with Gasteiger partial charge in [-0.15, -0.1) is 0 Å². The summed E-state index contributed by atoms with van der Waals surface area (Å²) in [4.78, 5) is 13.6. The molecule has 2 rings (SSSR count). The van der Waals surface area contributed by atoms with Crippen molar-refractivity contribution in [1.82, 2.24) is 4.90 Å². The highest BCUT2D eigenvalue weighted by Gasteiger charge is 2.25. The third kappa shape index (κ3) is 3.26. The average Bonchev–Trinajstić information content (AvgIpc) is 2.87. The lowest BCUT2D eigenvalue weighted by molar-refractivity contribution is 0.0828. The summed E-state index contributed by atoms with van der Waals surface area (Å²) in [5.41, 5.74) is 1.55. The lowest BCUT2D eigenvalue weighted by atomic mass is 10.0. The highest BCUT2D eigenvalue weighted by atomic mass is 35.5. The van der Waals surface area contributed by atoms with Crippen molar-refractivity contribution in [2.24, 2.45) is 5.92 Å². The third-order valence-corrected chi connectivity index (χ3v) is 4.47. The highest BCUT2D eigenvalue weighted by molar-refractivity contribution is 6.34. The largest absolute Gasteiger partial charge is 0.382 e. The van der Waals surface area contributed by atoms with E-state index in [1.807, 2.05) is 12.1 Å². The Morgan fingerprint density at radius 2 is 2.15 bits per heavy atom. The lowest BCUT2D eigenvalue weighted by Gasteiger charge is -2.21. The van der Waals surface area contributed by atoms with Crippen LogP contribution in [0.3, 0.4) is 0 Å². The van der Waals surface area contributed by atoms with Crippen molar-refractivity contribution < 1.29 is 4.79 Å². The van der Waals surface area contributed by atoms with Gasteiger partial charge in [0, 0.05) is 25.8 Å². The fourth-order valence-corrected chi connectivity index (χ4v) is 3.15. The molecule has 1 aliphatic carbocycles. The molecule has 0 aromatic heterocycles. The molecule has 1 saturated carbocycles. The minimum Gasteiger partial charge on any atom is -0.382 e. The normalized spacial score (nSPS) is 21.8. The van der Waals surface area contributed by atoms with Gasteiger partial charge in [0.15, 0.2) is 0 Å². The van der Waals surface area contributed by atoms with Crippen LogP contribution in [-0.2, 0) is 0 Å². The highest BCUT2D eigenvalue weighted by Crippen LogP contribution is 2.31. The predicted molar refractivity (Wildman–Crippen MR) is 84.5 cm³/mol. The number of carbonyl (C=O) groups is 1. The van der Waals surface area contributed by atoms with Gasteiger partial charge in [-0.05, 0) is 37.0 Å². The van der Waals surface area contributed by atoms with Gasteiger partial charge in [-0.25, -0.2) is 0 Å². The number of hydrogen-bond donors (Lipinski definition) is 1. The van der Waals surface area contributed by atoms with Crippen molar-refractivity contribution >= 4 is 23.2 Å². The monoisotopic (exact) mass is 294 g/mol. The molecule has 0 bridgehead atoms. The van der Waals surface area contributed by atoms with Crippen LogP contribution in [0.15, 0.2) is 18.2 Å². The molecule has 1 N–H and O–H groups in total. The molecular formula is C16H23ClN2O. The molecule has 4 heteroatoms. The molecule has 1 aliphatic rings. The van der Waals surface area contributed by atoms with Gasteiger partial charge >= 0.3 is 0 Å². The molecule has 0 heterocycles. The molecule has 1 aromatic rings. The average molecular weight is 295 g/mol. The van der Waals surface area contributed by atoms with E-state index in [2.05, 4.69) is 12.2 Å². The van der Waals surface area contributed by atoms with E-state index in [9.17, 15) is 4.79 Å². The van der Waals surface area contributed by atoms with E-state index in [1.165, 1.54) is 25.7 Å². The first-order valence-electron chi connectivity index (χ1n) is 7.30. The summed E-state index contributed by atoms with van der Waals surface area (Å²) < 4.78 is 0. The molecule has 2 unspecified atom stereocenters. The van der Waals surface area contributed by atoms with Gasteiger partial charge < -0.3 is 10.2 Å². The molecule has 20 heavy (non-hydrogen) atoms. The molecule has 110 valence electrons. The molecule has 3 nitrogen and oxygen atoms in total. The Labute approximate surface area is 126 Å². The molecule has 0 aliphatic heterocycles.